The Morgan fingerprint density at radius 2 is 2.04 bits per heavy atom. The first-order valence-corrected chi connectivity index (χ1v) is 8.20. The van der Waals surface area contributed by atoms with Crippen molar-refractivity contribution in [3.8, 4) is 0 Å². The molecule has 0 saturated carbocycles. The van der Waals surface area contributed by atoms with Gasteiger partial charge in [-0.1, -0.05) is 13.8 Å². The van der Waals surface area contributed by atoms with Gasteiger partial charge >= 0.3 is 6.18 Å². The van der Waals surface area contributed by atoms with Gasteiger partial charge < -0.3 is 10.6 Å². The number of alkyl halides is 3. The van der Waals surface area contributed by atoms with E-state index in [4.69, 9.17) is 0 Å². The second-order valence-electron chi connectivity index (χ2n) is 5.17. The van der Waals surface area contributed by atoms with Gasteiger partial charge in [0.05, 0.1) is 17.6 Å². The van der Waals surface area contributed by atoms with Crippen LogP contribution < -0.4 is 10.6 Å². The quantitative estimate of drug-likeness (QED) is 0.809. The molecule has 0 spiro atoms. The van der Waals surface area contributed by atoms with Crippen LogP contribution in [0, 0.1) is 6.92 Å². The van der Waals surface area contributed by atoms with Crippen LogP contribution in [0.5, 0.6) is 0 Å². The van der Waals surface area contributed by atoms with Crippen molar-refractivity contribution in [1.29, 1.82) is 0 Å². The number of hydrogen-bond donors (Lipinski definition) is 2. The highest BCUT2D eigenvalue weighted by Gasteiger charge is 2.35. The lowest BCUT2D eigenvalue weighted by Gasteiger charge is -2.13. The van der Waals surface area contributed by atoms with Crippen LogP contribution >= 0.6 is 11.9 Å². The summed E-state index contributed by atoms with van der Waals surface area (Å²) in [5, 5.41) is 10.0. The standard InChI is InChI=1S/C14H19F3N6S/c1-5-8(2)24-23-9(3)11(7-20-23)21-13-19-6-10(14(15,16)17)12(18-4)22-13/h6-8H,5H2,1-4H3,(H2,18,19,21,22). The van der Waals surface area contributed by atoms with Crippen molar-refractivity contribution in [1.82, 2.24) is 19.2 Å². The molecule has 0 bridgehead atoms. The summed E-state index contributed by atoms with van der Waals surface area (Å²) in [6, 6.07) is 0. The van der Waals surface area contributed by atoms with Crippen LogP contribution in [0.15, 0.2) is 12.4 Å². The highest BCUT2D eigenvalue weighted by Crippen LogP contribution is 2.34. The molecule has 2 heterocycles. The SMILES string of the molecule is CCC(C)Sn1ncc(Nc2ncc(C(F)(F)F)c(NC)n2)c1C. The van der Waals surface area contributed by atoms with E-state index >= 15 is 0 Å². The van der Waals surface area contributed by atoms with Gasteiger partial charge in [0.15, 0.2) is 0 Å². The first kappa shape index (κ1) is 18.4. The minimum absolute atomic E-state index is 0.0727. The summed E-state index contributed by atoms with van der Waals surface area (Å²) in [4.78, 5) is 7.63. The largest absolute Gasteiger partial charge is 0.421 e. The molecule has 2 aromatic rings. The molecule has 0 aromatic carbocycles. The molecule has 1 atom stereocenters. The summed E-state index contributed by atoms with van der Waals surface area (Å²) in [7, 11) is 1.38. The molecule has 6 nitrogen and oxygen atoms in total. The Balaban J connectivity index is 2.23. The molecule has 24 heavy (non-hydrogen) atoms. The molecule has 0 radical (unpaired) electrons. The molecule has 0 aliphatic heterocycles. The normalized spacial score (nSPS) is 13.0. The average Bonchev–Trinajstić information content (AvgIpc) is 2.86. The van der Waals surface area contributed by atoms with Crippen LogP contribution in [0.4, 0.5) is 30.6 Å². The third-order valence-corrected chi connectivity index (χ3v) is 4.66. The van der Waals surface area contributed by atoms with E-state index in [9.17, 15) is 13.2 Å². The summed E-state index contributed by atoms with van der Waals surface area (Å²) in [6.07, 6.45) is -1.15. The van der Waals surface area contributed by atoms with Crippen molar-refractivity contribution in [3.05, 3.63) is 23.7 Å². The lowest BCUT2D eigenvalue weighted by Crippen LogP contribution is -2.12. The number of rotatable bonds is 6. The van der Waals surface area contributed by atoms with Crippen LogP contribution in [0.1, 0.15) is 31.5 Å². The minimum Gasteiger partial charge on any atom is -0.372 e. The van der Waals surface area contributed by atoms with Gasteiger partial charge in [0.2, 0.25) is 5.95 Å². The maximum Gasteiger partial charge on any atom is 0.421 e. The highest BCUT2D eigenvalue weighted by molar-refractivity contribution is 7.98. The molecule has 132 valence electrons. The van der Waals surface area contributed by atoms with Crippen LogP contribution in [0.2, 0.25) is 0 Å². The third kappa shape index (κ3) is 4.11. The minimum atomic E-state index is -4.51. The first-order chi connectivity index (χ1) is 11.3. The van der Waals surface area contributed by atoms with Crippen molar-refractivity contribution < 1.29 is 13.2 Å². The average molecular weight is 360 g/mol. The third-order valence-electron chi connectivity index (χ3n) is 3.40. The maximum atomic E-state index is 12.9. The Hall–Kier alpha value is -1.97. The van der Waals surface area contributed by atoms with Crippen LogP contribution in [-0.4, -0.2) is 31.5 Å². The summed E-state index contributed by atoms with van der Waals surface area (Å²) in [6.45, 7) is 6.05. The van der Waals surface area contributed by atoms with Gasteiger partial charge in [-0.05, 0) is 25.3 Å². The van der Waals surface area contributed by atoms with Gasteiger partial charge in [-0.25, -0.2) is 9.07 Å². The van der Waals surface area contributed by atoms with Crippen molar-refractivity contribution in [2.45, 2.75) is 38.6 Å². The zero-order chi connectivity index (χ0) is 17.9. The van der Waals surface area contributed by atoms with Crippen molar-refractivity contribution in [2.24, 2.45) is 0 Å². The van der Waals surface area contributed by atoms with Crippen LogP contribution in [0.25, 0.3) is 0 Å². The zero-order valence-electron chi connectivity index (χ0n) is 13.8. The Morgan fingerprint density at radius 1 is 1.33 bits per heavy atom. The Morgan fingerprint density at radius 3 is 2.62 bits per heavy atom. The number of aromatic nitrogens is 4. The van der Waals surface area contributed by atoms with E-state index in [1.165, 1.54) is 7.05 Å². The van der Waals surface area contributed by atoms with E-state index in [2.05, 4.69) is 39.5 Å². The van der Waals surface area contributed by atoms with E-state index in [1.54, 1.807) is 22.2 Å². The Bertz CT molecular complexity index is 700. The monoisotopic (exact) mass is 360 g/mol. The van der Waals surface area contributed by atoms with Gasteiger partial charge in [-0.15, -0.1) is 0 Å². The van der Waals surface area contributed by atoms with Gasteiger partial charge in [0.25, 0.3) is 0 Å². The predicted molar refractivity (Wildman–Crippen MR) is 89.6 cm³/mol. The first-order valence-electron chi connectivity index (χ1n) is 7.37. The van der Waals surface area contributed by atoms with Crippen LogP contribution in [-0.2, 0) is 6.18 Å². The van der Waals surface area contributed by atoms with Crippen LogP contribution in [0.3, 0.4) is 0 Å². The second kappa shape index (κ2) is 7.29. The maximum absolute atomic E-state index is 12.9. The summed E-state index contributed by atoms with van der Waals surface area (Å²) in [5.41, 5.74) is 0.581. The molecular weight excluding hydrogens is 341 g/mol. The summed E-state index contributed by atoms with van der Waals surface area (Å²) < 4.78 is 40.4. The molecule has 0 saturated heterocycles. The van der Waals surface area contributed by atoms with E-state index < -0.39 is 11.7 Å². The van der Waals surface area contributed by atoms with E-state index in [1.807, 2.05) is 6.92 Å². The highest BCUT2D eigenvalue weighted by atomic mass is 32.2. The molecule has 2 N–H and O–H groups in total. The number of halogens is 3. The number of nitrogens with zero attached hydrogens (tertiary/aromatic N) is 4. The lowest BCUT2D eigenvalue weighted by molar-refractivity contribution is -0.137. The predicted octanol–water partition coefficient (Wildman–Crippen LogP) is 4.08. The van der Waals surface area contributed by atoms with Gasteiger partial charge in [-0.3, -0.25) is 0 Å². The number of hydrogen-bond acceptors (Lipinski definition) is 6. The number of nitrogens with one attached hydrogen (secondary N) is 2. The zero-order valence-corrected chi connectivity index (χ0v) is 14.6. The molecule has 2 rings (SSSR count). The van der Waals surface area contributed by atoms with Crippen molar-refractivity contribution >= 4 is 29.4 Å². The molecule has 10 heteroatoms. The molecule has 2 aromatic heterocycles. The van der Waals surface area contributed by atoms with E-state index in [0.717, 1.165) is 18.3 Å². The van der Waals surface area contributed by atoms with Gasteiger partial charge in [0.1, 0.15) is 11.4 Å². The molecule has 0 aliphatic carbocycles. The fraction of sp³-hybridized carbons (Fsp3) is 0.500. The topological polar surface area (TPSA) is 67.7 Å². The fourth-order valence-electron chi connectivity index (χ4n) is 1.83. The summed E-state index contributed by atoms with van der Waals surface area (Å²) in [5.74, 6) is -0.206. The Labute approximate surface area is 142 Å². The molecule has 0 fully saturated rings. The Kier molecular flexibility index (Phi) is 5.58. The smallest absolute Gasteiger partial charge is 0.372 e. The fourth-order valence-corrected chi connectivity index (χ4v) is 2.68. The second-order valence-corrected chi connectivity index (χ2v) is 6.53. The van der Waals surface area contributed by atoms with Gasteiger partial charge in [0, 0.05) is 18.5 Å². The summed E-state index contributed by atoms with van der Waals surface area (Å²) >= 11 is 1.58. The number of anilines is 3. The van der Waals surface area contributed by atoms with Gasteiger partial charge in [-0.2, -0.15) is 23.3 Å². The molecule has 1 unspecified atom stereocenters. The lowest BCUT2D eigenvalue weighted by atomic mass is 10.3. The van der Waals surface area contributed by atoms with E-state index in [0.29, 0.717) is 10.9 Å². The van der Waals surface area contributed by atoms with E-state index in [-0.39, 0.29) is 11.8 Å². The van der Waals surface area contributed by atoms with Crippen molar-refractivity contribution in [2.75, 3.05) is 17.7 Å². The molecular formula is C14H19F3N6S. The van der Waals surface area contributed by atoms with Crippen molar-refractivity contribution in [3.63, 3.8) is 0 Å². The molecule has 0 aliphatic rings. The molecule has 0 amide bonds.